The molecular weight excluding hydrogens is 488 g/mol. The normalized spacial score (nSPS) is 25.7. The van der Waals surface area contributed by atoms with Crippen molar-refractivity contribution in [2.75, 3.05) is 47.8 Å². The number of piperazine rings is 2. The molecule has 7 rings (SSSR count). The summed E-state index contributed by atoms with van der Waals surface area (Å²) < 4.78 is 0. The maximum atomic E-state index is 12.8. The summed E-state index contributed by atoms with van der Waals surface area (Å²) in [4.78, 5) is 34.5. The third kappa shape index (κ3) is 4.64. The van der Waals surface area contributed by atoms with Crippen LogP contribution in [0, 0.1) is 5.92 Å². The topological polar surface area (TPSA) is 89.5 Å². The van der Waals surface area contributed by atoms with Crippen LogP contribution in [0.4, 0.5) is 23.3 Å². The lowest BCUT2D eigenvalue weighted by Gasteiger charge is -2.54. The van der Waals surface area contributed by atoms with Gasteiger partial charge in [-0.25, -0.2) is 9.97 Å². The van der Waals surface area contributed by atoms with Crippen LogP contribution in [0.3, 0.4) is 0 Å². The van der Waals surface area contributed by atoms with E-state index in [2.05, 4.69) is 50.2 Å². The van der Waals surface area contributed by atoms with E-state index in [1.807, 2.05) is 30.6 Å². The molecule has 1 atom stereocenters. The summed E-state index contributed by atoms with van der Waals surface area (Å²) in [5, 5.41) is 6.49. The van der Waals surface area contributed by atoms with Gasteiger partial charge in [-0.15, -0.1) is 0 Å². The summed E-state index contributed by atoms with van der Waals surface area (Å²) in [7, 11) is 0. The molecule has 0 aromatic carbocycles. The van der Waals surface area contributed by atoms with Gasteiger partial charge in [-0.1, -0.05) is 31.4 Å². The van der Waals surface area contributed by atoms with E-state index in [1.165, 1.54) is 38.6 Å². The molecule has 9 nitrogen and oxygen atoms in total. The minimum atomic E-state index is -0.321. The van der Waals surface area contributed by atoms with Gasteiger partial charge in [0.25, 0.3) is 0 Å². The molecule has 4 fully saturated rings. The first-order chi connectivity index (χ1) is 18.9. The summed E-state index contributed by atoms with van der Waals surface area (Å²) >= 11 is 0. The summed E-state index contributed by atoms with van der Waals surface area (Å²) in [6.07, 6.45) is 16.3. The maximum Gasteiger partial charge on any atom is 0.246 e. The fourth-order valence-corrected chi connectivity index (χ4v) is 7.08. The maximum absolute atomic E-state index is 12.8. The molecule has 3 aliphatic heterocycles. The van der Waals surface area contributed by atoms with E-state index in [0.29, 0.717) is 12.5 Å². The van der Waals surface area contributed by atoms with Crippen molar-refractivity contribution < 1.29 is 4.79 Å². The molecule has 9 heteroatoms. The first-order valence-corrected chi connectivity index (χ1v) is 14.8. The molecule has 5 heterocycles. The van der Waals surface area contributed by atoms with Crippen LogP contribution in [0.1, 0.15) is 64.4 Å². The van der Waals surface area contributed by atoms with Crippen molar-refractivity contribution >= 4 is 35.3 Å². The Balaban J connectivity index is 1.08. The number of fused-ring (bicyclic) bond motifs is 4. The van der Waals surface area contributed by atoms with Gasteiger partial charge in [0.2, 0.25) is 11.9 Å². The first-order valence-electron chi connectivity index (χ1n) is 14.8. The second-order valence-electron chi connectivity index (χ2n) is 12.8. The lowest BCUT2D eigenvalue weighted by Crippen LogP contribution is -2.69. The predicted molar refractivity (Wildman–Crippen MR) is 154 cm³/mol. The van der Waals surface area contributed by atoms with Gasteiger partial charge in [-0.2, -0.15) is 4.98 Å². The molecule has 39 heavy (non-hydrogen) atoms. The fraction of sp³-hybridized carbons (Fsp3) is 0.600. The fourth-order valence-electron chi connectivity index (χ4n) is 7.08. The number of amides is 1. The summed E-state index contributed by atoms with van der Waals surface area (Å²) in [6, 6.07) is 3.84. The van der Waals surface area contributed by atoms with Gasteiger partial charge >= 0.3 is 0 Å². The number of aromatic nitrogens is 3. The van der Waals surface area contributed by atoms with Crippen molar-refractivity contribution in [3.8, 4) is 0 Å². The van der Waals surface area contributed by atoms with Crippen LogP contribution >= 0.6 is 0 Å². The van der Waals surface area contributed by atoms with Crippen LogP contribution in [0.2, 0.25) is 0 Å². The molecule has 1 amide bonds. The van der Waals surface area contributed by atoms with E-state index in [-0.39, 0.29) is 23.0 Å². The summed E-state index contributed by atoms with van der Waals surface area (Å²) in [5.41, 5.74) is 2.18. The minimum Gasteiger partial charge on any atom is -0.367 e. The van der Waals surface area contributed by atoms with Crippen molar-refractivity contribution in [1.29, 1.82) is 0 Å². The third-order valence-corrected chi connectivity index (χ3v) is 9.52. The van der Waals surface area contributed by atoms with Gasteiger partial charge < -0.3 is 20.4 Å². The number of pyridine rings is 1. The lowest BCUT2D eigenvalue weighted by molar-refractivity contribution is -0.123. The number of anilines is 4. The number of nitrogens with zero attached hydrogens (tertiary/aromatic N) is 6. The molecule has 0 radical (unpaired) electrons. The number of nitrogens with one attached hydrogen (secondary N) is 2. The van der Waals surface area contributed by atoms with Crippen LogP contribution in [-0.2, 0) is 4.79 Å². The summed E-state index contributed by atoms with van der Waals surface area (Å²) in [5.74, 6) is 3.04. The van der Waals surface area contributed by atoms with Gasteiger partial charge in [0, 0.05) is 50.0 Å². The third-order valence-electron chi connectivity index (χ3n) is 9.52. The Morgan fingerprint density at radius 2 is 1.92 bits per heavy atom. The van der Waals surface area contributed by atoms with Gasteiger partial charge in [-0.3, -0.25) is 9.69 Å². The zero-order chi connectivity index (χ0) is 26.6. The zero-order valence-electron chi connectivity index (χ0n) is 23.2. The number of rotatable bonds is 5. The molecule has 5 aliphatic rings. The standard InChI is InChI=1S/C30H40N8O/c1-29(2)20-36(14-15-37(29)18-21-6-7-21)23-9-11-25(31-17-23)34-28-32-16-22-8-10-24-27(39)33-19-30(12-4-3-5-13-30)38(24)26(22)35-28/h8-11,16-17,21,24H,3-7,12-15,18-20H2,1-2H3,(H,33,39)(H,31,32,34,35). The van der Waals surface area contributed by atoms with Crippen LogP contribution in [0.15, 0.2) is 30.6 Å². The van der Waals surface area contributed by atoms with E-state index in [9.17, 15) is 4.79 Å². The van der Waals surface area contributed by atoms with Crippen molar-refractivity contribution in [3.05, 3.63) is 36.2 Å². The molecule has 0 bridgehead atoms. The van der Waals surface area contributed by atoms with Crippen LogP contribution in [-0.4, -0.2) is 75.6 Å². The monoisotopic (exact) mass is 528 g/mol. The molecule has 2 aliphatic carbocycles. The highest BCUT2D eigenvalue weighted by Crippen LogP contribution is 2.43. The van der Waals surface area contributed by atoms with Gasteiger partial charge in [0.1, 0.15) is 17.7 Å². The molecule has 2 N–H and O–H groups in total. The highest BCUT2D eigenvalue weighted by Gasteiger charge is 2.49. The summed E-state index contributed by atoms with van der Waals surface area (Å²) in [6.45, 7) is 9.76. The SMILES string of the molecule is CC1(C)CN(c2ccc(Nc3ncc4c(n3)N3C(C=C4)C(=O)NCC34CCCCC4)nc2)CCN1CC1CC1. The molecular formula is C30H40N8O. The lowest BCUT2D eigenvalue weighted by atomic mass is 9.77. The zero-order valence-corrected chi connectivity index (χ0v) is 23.2. The first kappa shape index (κ1) is 24.8. The molecule has 1 unspecified atom stereocenters. The van der Waals surface area contributed by atoms with Crippen LogP contribution < -0.4 is 20.4 Å². The molecule has 1 spiro atoms. The van der Waals surface area contributed by atoms with Crippen molar-refractivity contribution in [2.45, 2.75) is 75.9 Å². The van der Waals surface area contributed by atoms with Crippen molar-refractivity contribution in [1.82, 2.24) is 25.2 Å². The van der Waals surface area contributed by atoms with E-state index < -0.39 is 0 Å². The van der Waals surface area contributed by atoms with E-state index in [1.54, 1.807) is 0 Å². The Morgan fingerprint density at radius 1 is 1.08 bits per heavy atom. The average molecular weight is 529 g/mol. The molecule has 206 valence electrons. The second-order valence-corrected chi connectivity index (χ2v) is 12.8. The number of hydrogen-bond donors (Lipinski definition) is 2. The van der Waals surface area contributed by atoms with E-state index in [0.717, 1.165) is 61.3 Å². The largest absolute Gasteiger partial charge is 0.367 e. The minimum absolute atomic E-state index is 0.0509. The predicted octanol–water partition coefficient (Wildman–Crippen LogP) is 3.96. The number of carbonyl (C=O) groups excluding carboxylic acids is 1. The molecule has 2 saturated heterocycles. The Bertz CT molecular complexity index is 1260. The highest BCUT2D eigenvalue weighted by molar-refractivity contribution is 5.93. The molecule has 2 saturated carbocycles. The Hall–Kier alpha value is -3.20. The molecule has 2 aromatic heterocycles. The second kappa shape index (κ2) is 9.47. The molecule has 2 aromatic rings. The van der Waals surface area contributed by atoms with Gasteiger partial charge in [0.05, 0.1) is 17.4 Å². The average Bonchev–Trinajstić information content (AvgIpc) is 3.77. The van der Waals surface area contributed by atoms with Gasteiger partial charge in [0.15, 0.2) is 0 Å². The Kier molecular flexibility index (Phi) is 6.02. The van der Waals surface area contributed by atoms with Crippen LogP contribution in [0.25, 0.3) is 6.08 Å². The number of hydrogen-bond acceptors (Lipinski definition) is 8. The Labute approximate surface area is 231 Å². The quantitative estimate of drug-likeness (QED) is 0.603. The van der Waals surface area contributed by atoms with Crippen LogP contribution in [0.5, 0.6) is 0 Å². The van der Waals surface area contributed by atoms with E-state index in [4.69, 9.17) is 9.97 Å². The Morgan fingerprint density at radius 3 is 2.67 bits per heavy atom. The van der Waals surface area contributed by atoms with Crippen molar-refractivity contribution in [2.24, 2.45) is 5.92 Å². The smallest absolute Gasteiger partial charge is 0.246 e. The van der Waals surface area contributed by atoms with Crippen molar-refractivity contribution in [3.63, 3.8) is 0 Å². The highest BCUT2D eigenvalue weighted by atomic mass is 16.2. The van der Waals surface area contributed by atoms with E-state index >= 15 is 0 Å². The van der Waals surface area contributed by atoms with Gasteiger partial charge in [-0.05, 0) is 57.6 Å². The number of carbonyl (C=O) groups is 1.